The molecular weight excluding hydrogens is 297 g/mol. The number of esters is 1. The molecule has 0 radical (unpaired) electrons. The van der Waals surface area contributed by atoms with Gasteiger partial charge in [0.1, 0.15) is 12.6 Å². The second kappa shape index (κ2) is 7.11. The van der Waals surface area contributed by atoms with E-state index < -0.39 is 12.2 Å². The van der Waals surface area contributed by atoms with Crippen molar-refractivity contribution in [1.82, 2.24) is 10.6 Å². The zero-order valence-corrected chi connectivity index (χ0v) is 12.3. The summed E-state index contributed by atoms with van der Waals surface area (Å²) in [7, 11) is 0. The first kappa shape index (κ1) is 16.8. The maximum Gasteiger partial charge on any atom is 0.405 e. The van der Waals surface area contributed by atoms with Crippen molar-refractivity contribution in [3.8, 4) is 0 Å². The Morgan fingerprint density at radius 2 is 2.14 bits per heavy atom. The van der Waals surface area contributed by atoms with Crippen molar-refractivity contribution in [2.24, 2.45) is 0 Å². The van der Waals surface area contributed by atoms with Crippen molar-refractivity contribution in [3.63, 3.8) is 0 Å². The summed E-state index contributed by atoms with van der Waals surface area (Å²) in [5.41, 5.74) is 2.22. The van der Waals surface area contributed by atoms with Gasteiger partial charge in [0.2, 0.25) is 0 Å². The topological polar surface area (TPSA) is 50.4 Å². The third kappa shape index (κ3) is 4.20. The maximum atomic E-state index is 12.8. The number of fused-ring (bicyclic) bond motifs is 1. The van der Waals surface area contributed by atoms with E-state index in [-0.39, 0.29) is 25.7 Å². The van der Waals surface area contributed by atoms with Gasteiger partial charge in [-0.1, -0.05) is 19.1 Å². The van der Waals surface area contributed by atoms with E-state index in [1.54, 1.807) is 19.1 Å². The molecule has 1 unspecified atom stereocenters. The number of benzene rings is 1. The lowest BCUT2D eigenvalue weighted by Crippen LogP contribution is -2.49. The highest BCUT2D eigenvalue weighted by Crippen LogP contribution is 2.22. The van der Waals surface area contributed by atoms with Gasteiger partial charge in [-0.25, -0.2) is 4.79 Å². The summed E-state index contributed by atoms with van der Waals surface area (Å²) in [6.45, 7) is 2.56. The van der Waals surface area contributed by atoms with Gasteiger partial charge in [0, 0.05) is 12.1 Å². The number of ether oxygens (including phenoxy) is 1. The number of cyclic esters (lactones) is 1. The van der Waals surface area contributed by atoms with Gasteiger partial charge in [0.05, 0.1) is 5.56 Å². The Labute approximate surface area is 127 Å². The van der Waals surface area contributed by atoms with Crippen LogP contribution < -0.4 is 10.6 Å². The summed E-state index contributed by atoms with van der Waals surface area (Å²) in [5, 5.41) is 5.24. The third-order valence-corrected chi connectivity index (χ3v) is 3.55. The Morgan fingerprint density at radius 3 is 2.82 bits per heavy atom. The summed E-state index contributed by atoms with van der Waals surface area (Å²) < 4.78 is 43.4. The lowest BCUT2D eigenvalue weighted by atomic mass is 10.0. The van der Waals surface area contributed by atoms with Crippen molar-refractivity contribution in [3.05, 3.63) is 34.9 Å². The molecule has 2 N–H and O–H groups in total. The predicted octanol–water partition coefficient (Wildman–Crippen LogP) is 2.03. The lowest BCUT2D eigenvalue weighted by Gasteiger charge is -2.22. The first-order valence-electron chi connectivity index (χ1n) is 7.21. The van der Waals surface area contributed by atoms with Crippen molar-refractivity contribution in [2.45, 2.75) is 32.2 Å². The molecular formula is C15H19F3N2O2. The van der Waals surface area contributed by atoms with Crippen LogP contribution in [-0.2, 0) is 17.8 Å². The molecule has 0 saturated carbocycles. The predicted molar refractivity (Wildman–Crippen MR) is 75.7 cm³/mol. The quantitative estimate of drug-likeness (QED) is 0.756. The SMILES string of the molecule is CCNCC(NCCc1ccc2c(c1)COC2=O)C(F)(F)F. The number of carbonyl (C=O) groups is 1. The van der Waals surface area contributed by atoms with E-state index in [4.69, 9.17) is 4.74 Å². The van der Waals surface area contributed by atoms with Gasteiger partial charge in [-0.3, -0.25) is 0 Å². The Morgan fingerprint density at radius 1 is 1.36 bits per heavy atom. The van der Waals surface area contributed by atoms with Crippen molar-refractivity contribution in [2.75, 3.05) is 19.6 Å². The van der Waals surface area contributed by atoms with Crippen LogP contribution in [0.5, 0.6) is 0 Å². The Hall–Kier alpha value is -1.60. The van der Waals surface area contributed by atoms with Crippen LogP contribution in [0.1, 0.15) is 28.4 Å². The van der Waals surface area contributed by atoms with Gasteiger partial charge in [0.25, 0.3) is 0 Å². The highest BCUT2D eigenvalue weighted by Gasteiger charge is 2.38. The third-order valence-electron chi connectivity index (χ3n) is 3.55. The molecule has 0 aromatic heterocycles. The molecule has 0 fully saturated rings. The molecule has 0 saturated heterocycles. The van der Waals surface area contributed by atoms with Gasteiger partial charge in [-0.2, -0.15) is 13.2 Å². The fraction of sp³-hybridized carbons (Fsp3) is 0.533. The normalized spacial score (nSPS) is 15.5. The minimum absolute atomic E-state index is 0.146. The van der Waals surface area contributed by atoms with E-state index in [0.717, 1.165) is 11.1 Å². The molecule has 1 aromatic carbocycles. The standard InChI is InChI=1S/C15H19F3N2O2/c1-2-19-8-13(15(16,17)18)20-6-5-10-3-4-12-11(7-10)9-22-14(12)21/h3-4,7,13,19-20H,2,5-6,8-9H2,1H3. The number of alkyl halides is 3. The van der Waals surface area contributed by atoms with Crippen molar-refractivity contribution in [1.29, 1.82) is 0 Å². The van der Waals surface area contributed by atoms with Gasteiger partial charge < -0.3 is 15.4 Å². The Balaban J connectivity index is 1.88. The van der Waals surface area contributed by atoms with E-state index >= 15 is 0 Å². The van der Waals surface area contributed by atoms with E-state index in [9.17, 15) is 18.0 Å². The van der Waals surface area contributed by atoms with Crippen LogP contribution in [0.4, 0.5) is 13.2 Å². The minimum atomic E-state index is -4.28. The average molecular weight is 316 g/mol. The molecule has 1 aromatic rings. The largest absolute Gasteiger partial charge is 0.457 e. The fourth-order valence-electron chi connectivity index (χ4n) is 2.33. The molecule has 1 atom stereocenters. The molecule has 0 bridgehead atoms. The lowest BCUT2D eigenvalue weighted by molar-refractivity contribution is -0.154. The monoisotopic (exact) mass is 316 g/mol. The summed E-state index contributed by atoms with van der Waals surface area (Å²) >= 11 is 0. The van der Waals surface area contributed by atoms with Crippen LogP contribution in [0.2, 0.25) is 0 Å². The molecule has 22 heavy (non-hydrogen) atoms. The first-order chi connectivity index (χ1) is 10.4. The van der Waals surface area contributed by atoms with Crippen LogP contribution in [0, 0.1) is 0 Å². The van der Waals surface area contributed by atoms with Crippen LogP contribution in [0.25, 0.3) is 0 Å². The second-order valence-corrected chi connectivity index (χ2v) is 5.17. The molecule has 2 rings (SSSR count). The van der Waals surface area contributed by atoms with E-state index in [1.165, 1.54) is 0 Å². The average Bonchev–Trinajstić information content (AvgIpc) is 2.82. The zero-order valence-electron chi connectivity index (χ0n) is 12.3. The number of hydrogen-bond acceptors (Lipinski definition) is 4. The van der Waals surface area contributed by atoms with Crippen LogP contribution >= 0.6 is 0 Å². The number of likely N-dealkylation sites (N-methyl/N-ethyl adjacent to an activating group) is 1. The van der Waals surface area contributed by atoms with Crippen LogP contribution in [0.3, 0.4) is 0 Å². The van der Waals surface area contributed by atoms with Crippen molar-refractivity contribution < 1.29 is 22.7 Å². The number of hydrogen-bond donors (Lipinski definition) is 2. The van der Waals surface area contributed by atoms with E-state index in [1.807, 2.05) is 6.07 Å². The molecule has 1 aliphatic rings. The highest BCUT2D eigenvalue weighted by atomic mass is 19.4. The maximum absolute atomic E-state index is 12.8. The number of rotatable bonds is 7. The first-order valence-corrected chi connectivity index (χ1v) is 7.21. The Bertz CT molecular complexity index is 532. The van der Waals surface area contributed by atoms with Gasteiger partial charge >= 0.3 is 12.1 Å². The minimum Gasteiger partial charge on any atom is -0.457 e. The summed E-state index contributed by atoms with van der Waals surface area (Å²) in [6, 6.07) is 3.67. The summed E-state index contributed by atoms with van der Waals surface area (Å²) in [5.74, 6) is -0.345. The van der Waals surface area contributed by atoms with Gasteiger partial charge in [-0.15, -0.1) is 0 Å². The van der Waals surface area contributed by atoms with Gasteiger partial charge in [-0.05, 0) is 31.1 Å². The molecule has 1 heterocycles. The molecule has 122 valence electrons. The molecule has 4 nitrogen and oxygen atoms in total. The molecule has 0 spiro atoms. The number of nitrogens with one attached hydrogen (secondary N) is 2. The second-order valence-electron chi connectivity index (χ2n) is 5.17. The molecule has 0 amide bonds. The summed E-state index contributed by atoms with van der Waals surface area (Å²) in [6.07, 6.45) is -3.82. The molecule has 7 heteroatoms. The highest BCUT2D eigenvalue weighted by molar-refractivity contribution is 5.93. The van der Waals surface area contributed by atoms with Crippen LogP contribution in [-0.4, -0.2) is 37.8 Å². The Kier molecular flexibility index (Phi) is 5.42. The fourth-order valence-corrected chi connectivity index (χ4v) is 2.33. The molecule has 1 aliphatic heterocycles. The van der Waals surface area contributed by atoms with Gasteiger partial charge in [0.15, 0.2) is 0 Å². The van der Waals surface area contributed by atoms with E-state index in [2.05, 4.69) is 10.6 Å². The van der Waals surface area contributed by atoms with Crippen LogP contribution in [0.15, 0.2) is 18.2 Å². The number of carbonyl (C=O) groups excluding carboxylic acids is 1. The smallest absolute Gasteiger partial charge is 0.405 e. The summed E-state index contributed by atoms with van der Waals surface area (Å²) in [4.78, 5) is 11.3. The van der Waals surface area contributed by atoms with E-state index in [0.29, 0.717) is 18.5 Å². The van der Waals surface area contributed by atoms with Crippen molar-refractivity contribution >= 4 is 5.97 Å². The number of halogens is 3. The zero-order chi connectivity index (χ0) is 16.2. The molecule has 0 aliphatic carbocycles.